The van der Waals surface area contributed by atoms with Crippen molar-refractivity contribution >= 4 is 29.9 Å². The first-order valence-electron chi connectivity index (χ1n) is 9.15. The minimum atomic E-state index is 0. The van der Waals surface area contributed by atoms with E-state index >= 15 is 0 Å². The maximum absolute atomic E-state index is 4.69. The van der Waals surface area contributed by atoms with Gasteiger partial charge in [0, 0.05) is 24.8 Å². The van der Waals surface area contributed by atoms with E-state index in [9.17, 15) is 0 Å². The van der Waals surface area contributed by atoms with Gasteiger partial charge in [0.05, 0.1) is 12.2 Å². The topological polar surface area (TPSA) is 52.6 Å². The molecule has 0 aliphatic heterocycles. The Balaban J connectivity index is 0.00000312. The fraction of sp³-hybridized carbons (Fsp3) is 0.684. The van der Waals surface area contributed by atoms with Crippen LogP contribution in [0.25, 0.3) is 0 Å². The van der Waals surface area contributed by atoms with Crippen LogP contribution in [0.15, 0.2) is 29.4 Å². The van der Waals surface area contributed by atoms with E-state index in [1.165, 1.54) is 25.7 Å². The molecule has 6 heteroatoms. The van der Waals surface area contributed by atoms with Crippen molar-refractivity contribution in [3.8, 4) is 0 Å². The highest BCUT2D eigenvalue weighted by Crippen LogP contribution is 2.35. The summed E-state index contributed by atoms with van der Waals surface area (Å²) in [7, 11) is 4.41. The zero-order chi connectivity index (χ0) is 17.4. The zero-order valence-corrected chi connectivity index (χ0v) is 18.4. The molecule has 0 radical (unpaired) electrons. The first-order chi connectivity index (χ1) is 11.6. The maximum atomic E-state index is 4.69. The number of aliphatic imine (C=N–C) groups is 1. The van der Waals surface area contributed by atoms with Gasteiger partial charge in [-0.15, -0.1) is 24.0 Å². The number of nitrogens with one attached hydrogen (secondary N) is 2. The molecule has 2 atom stereocenters. The molecule has 1 fully saturated rings. The molecule has 0 amide bonds. The highest BCUT2D eigenvalue weighted by atomic mass is 127. The van der Waals surface area contributed by atoms with E-state index in [1.54, 1.807) is 0 Å². The fourth-order valence-corrected chi connectivity index (χ4v) is 3.60. The maximum Gasteiger partial charge on any atom is 0.191 e. The molecule has 1 saturated carbocycles. The standard InChI is InChI=1S/C19H33N5.HI/c1-5-20-18(22-14-17-10-6-7-12-21-17)23-15-19(24(3)4)11-8-9-16(2)13-19;/h6-7,10,12,16H,5,8-9,11,13-15H2,1-4H3,(H2,20,22,23);1H. The number of nitrogens with zero attached hydrogens (tertiary/aromatic N) is 3. The van der Waals surface area contributed by atoms with Crippen molar-refractivity contribution in [2.45, 2.75) is 51.6 Å². The van der Waals surface area contributed by atoms with Gasteiger partial charge in [-0.05, 0) is 51.9 Å². The van der Waals surface area contributed by atoms with Crippen molar-refractivity contribution in [2.75, 3.05) is 27.2 Å². The summed E-state index contributed by atoms with van der Waals surface area (Å²) in [6.07, 6.45) is 6.96. The fourth-order valence-electron chi connectivity index (χ4n) is 3.60. The Morgan fingerprint density at radius 2 is 2.16 bits per heavy atom. The summed E-state index contributed by atoms with van der Waals surface area (Å²) >= 11 is 0. The second kappa shape index (κ2) is 11.0. The van der Waals surface area contributed by atoms with Gasteiger partial charge in [0.25, 0.3) is 0 Å². The lowest BCUT2D eigenvalue weighted by atomic mass is 9.75. The Kier molecular flexibility index (Phi) is 9.71. The molecule has 2 rings (SSSR count). The van der Waals surface area contributed by atoms with E-state index in [4.69, 9.17) is 4.99 Å². The van der Waals surface area contributed by atoms with E-state index in [-0.39, 0.29) is 29.5 Å². The van der Waals surface area contributed by atoms with Crippen LogP contribution in [-0.2, 0) is 6.54 Å². The van der Waals surface area contributed by atoms with Gasteiger partial charge in [-0.1, -0.05) is 25.8 Å². The molecule has 142 valence electrons. The lowest BCUT2D eigenvalue weighted by Gasteiger charge is -2.45. The Labute approximate surface area is 170 Å². The molecule has 1 aromatic rings. The molecule has 1 aliphatic rings. The number of hydrogen-bond acceptors (Lipinski definition) is 3. The molecule has 0 aromatic carbocycles. The molecule has 1 aromatic heterocycles. The van der Waals surface area contributed by atoms with Crippen molar-refractivity contribution in [1.29, 1.82) is 0 Å². The molecule has 0 bridgehead atoms. The van der Waals surface area contributed by atoms with Crippen molar-refractivity contribution in [1.82, 2.24) is 20.5 Å². The van der Waals surface area contributed by atoms with Crippen LogP contribution in [0.4, 0.5) is 0 Å². The van der Waals surface area contributed by atoms with Gasteiger partial charge in [-0.2, -0.15) is 0 Å². The SMILES string of the molecule is CCNC(=NCc1ccccn1)NCC1(N(C)C)CCCC(C)C1.I. The summed E-state index contributed by atoms with van der Waals surface area (Å²) in [5.41, 5.74) is 1.21. The average Bonchev–Trinajstić information content (AvgIpc) is 2.58. The van der Waals surface area contributed by atoms with E-state index in [0.29, 0.717) is 6.54 Å². The van der Waals surface area contributed by atoms with Crippen molar-refractivity contribution in [3.05, 3.63) is 30.1 Å². The van der Waals surface area contributed by atoms with Gasteiger partial charge in [-0.25, -0.2) is 4.99 Å². The normalized spacial score (nSPS) is 23.9. The minimum absolute atomic E-state index is 0. The largest absolute Gasteiger partial charge is 0.357 e. The van der Waals surface area contributed by atoms with Crippen molar-refractivity contribution in [2.24, 2.45) is 10.9 Å². The number of rotatable bonds is 6. The molecule has 1 aliphatic carbocycles. The summed E-state index contributed by atoms with van der Waals surface area (Å²) in [6, 6.07) is 5.95. The van der Waals surface area contributed by atoms with Crippen molar-refractivity contribution in [3.63, 3.8) is 0 Å². The Hall–Kier alpha value is -0.890. The van der Waals surface area contributed by atoms with Crippen LogP contribution in [0.2, 0.25) is 0 Å². The third-order valence-corrected chi connectivity index (χ3v) is 5.07. The molecule has 0 spiro atoms. The quantitative estimate of drug-likeness (QED) is 0.390. The van der Waals surface area contributed by atoms with Gasteiger partial charge in [0.15, 0.2) is 5.96 Å². The van der Waals surface area contributed by atoms with Crippen LogP contribution < -0.4 is 10.6 Å². The first-order valence-corrected chi connectivity index (χ1v) is 9.15. The molecule has 0 saturated heterocycles. The molecule has 25 heavy (non-hydrogen) atoms. The number of halogens is 1. The van der Waals surface area contributed by atoms with Crippen LogP contribution in [0.5, 0.6) is 0 Å². The lowest BCUT2D eigenvalue weighted by Crippen LogP contribution is -2.56. The number of likely N-dealkylation sites (N-methyl/N-ethyl adjacent to an activating group) is 1. The second-order valence-corrected chi connectivity index (χ2v) is 7.19. The second-order valence-electron chi connectivity index (χ2n) is 7.19. The predicted molar refractivity (Wildman–Crippen MR) is 117 cm³/mol. The van der Waals surface area contributed by atoms with Gasteiger partial charge >= 0.3 is 0 Å². The summed E-state index contributed by atoms with van der Waals surface area (Å²) in [4.78, 5) is 11.4. The lowest BCUT2D eigenvalue weighted by molar-refractivity contribution is 0.0795. The van der Waals surface area contributed by atoms with E-state index in [0.717, 1.165) is 30.7 Å². The highest BCUT2D eigenvalue weighted by Gasteiger charge is 2.36. The van der Waals surface area contributed by atoms with Crippen LogP contribution in [0.3, 0.4) is 0 Å². The Bertz CT molecular complexity index is 520. The van der Waals surface area contributed by atoms with Crippen LogP contribution in [0, 0.1) is 5.92 Å². The molecule has 1 heterocycles. The number of aromatic nitrogens is 1. The molecule has 2 N–H and O–H groups in total. The summed E-state index contributed by atoms with van der Waals surface area (Å²) < 4.78 is 0. The van der Waals surface area contributed by atoms with E-state index < -0.39 is 0 Å². The molecule has 2 unspecified atom stereocenters. The minimum Gasteiger partial charge on any atom is -0.357 e. The molecular weight excluding hydrogens is 425 g/mol. The van der Waals surface area contributed by atoms with Gasteiger partial charge in [-0.3, -0.25) is 4.98 Å². The number of hydrogen-bond donors (Lipinski definition) is 2. The van der Waals surface area contributed by atoms with Crippen LogP contribution in [0.1, 0.15) is 45.2 Å². The van der Waals surface area contributed by atoms with Crippen LogP contribution >= 0.6 is 24.0 Å². The molecular formula is C19H34IN5. The Morgan fingerprint density at radius 1 is 1.36 bits per heavy atom. The highest BCUT2D eigenvalue weighted by molar-refractivity contribution is 14.0. The molecule has 5 nitrogen and oxygen atoms in total. The summed E-state index contributed by atoms with van der Waals surface area (Å²) in [5.74, 6) is 1.67. The number of guanidine groups is 1. The Morgan fingerprint density at radius 3 is 2.76 bits per heavy atom. The smallest absolute Gasteiger partial charge is 0.191 e. The predicted octanol–water partition coefficient (Wildman–Crippen LogP) is 3.27. The monoisotopic (exact) mass is 459 g/mol. The third-order valence-electron chi connectivity index (χ3n) is 5.07. The third kappa shape index (κ3) is 6.73. The van der Waals surface area contributed by atoms with Gasteiger partial charge in [0.2, 0.25) is 0 Å². The average molecular weight is 459 g/mol. The van der Waals surface area contributed by atoms with Crippen molar-refractivity contribution < 1.29 is 0 Å². The number of pyridine rings is 1. The first kappa shape index (κ1) is 22.2. The van der Waals surface area contributed by atoms with Crippen LogP contribution in [-0.4, -0.2) is 48.6 Å². The summed E-state index contributed by atoms with van der Waals surface area (Å²) in [5, 5.41) is 6.93. The zero-order valence-electron chi connectivity index (χ0n) is 16.1. The summed E-state index contributed by atoms with van der Waals surface area (Å²) in [6.45, 7) is 6.86. The van der Waals surface area contributed by atoms with E-state index in [1.807, 2.05) is 24.4 Å². The van der Waals surface area contributed by atoms with E-state index in [2.05, 4.69) is 48.5 Å². The van der Waals surface area contributed by atoms with Gasteiger partial charge in [0.1, 0.15) is 0 Å². The van der Waals surface area contributed by atoms with Gasteiger partial charge < -0.3 is 15.5 Å².